The van der Waals surface area contributed by atoms with Gasteiger partial charge in [-0.05, 0) is 6.42 Å². The maximum absolute atomic E-state index is 12.0. The third kappa shape index (κ3) is 20.2. The van der Waals surface area contributed by atoms with Gasteiger partial charge in [0.05, 0.1) is 31.5 Å². The van der Waals surface area contributed by atoms with Crippen molar-refractivity contribution in [3.8, 4) is 0 Å². The summed E-state index contributed by atoms with van der Waals surface area (Å²) < 4.78 is 10.1. The average molecular weight is 503 g/mol. The monoisotopic (exact) mass is 502 g/mol. The quantitative estimate of drug-likeness (QED) is 0.115. The van der Waals surface area contributed by atoms with Crippen molar-refractivity contribution in [2.24, 2.45) is 5.41 Å². The Morgan fingerprint density at radius 3 is 1.31 bits per heavy atom. The standard InChI is InChI=1S/C27H50O8/c1-2-3-4-5-6-7-8-9-10-11-12-13-14-15-16-17-25(32)34-22-27(20-28,21-29)23-35-26(33)19-18-24(30)31/h28-29H,2-23H2,1H3,(H,30,31). The average Bonchev–Trinajstić information content (AvgIpc) is 2.85. The molecule has 0 amide bonds. The highest BCUT2D eigenvalue weighted by Gasteiger charge is 2.33. The Balaban J connectivity index is 3.75. The van der Waals surface area contributed by atoms with Crippen LogP contribution in [0.3, 0.4) is 0 Å². The molecule has 0 aliphatic rings. The van der Waals surface area contributed by atoms with E-state index in [9.17, 15) is 24.6 Å². The summed E-state index contributed by atoms with van der Waals surface area (Å²) in [6.45, 7) is 0.538. The van der Waals surface area contributed by atoms with Crippen LogP contribution in [0.15, 0.2) is 0 Å². The van der Waals surface area contributed by atoms with Crippen molar-refractivity contribution in [3.05, 3.63) is 0 Å². The molecule has 0 aromatic heterocycles. The van der Waals surface area contributed by atoms with Crippen LogP contribution >= 0.6 is 0 Å². The van der Waals surface area contributed by atoms with E-state index in [2.05, 4.69) is 6.92 Å². The number of carbonyl (C=O) groups excluding carboxylic acids is 2. The molecule has 0 aliphatic carbocycles. The van der Waals surface area contributed by atoms with Crippen LogP contribution in [0.2, 0.25) is 0 Å². The van der Waals surface area contributed by atoms with Gasteiger partial charge in [0.15, 0.2) is 0 Å². The highest BCUT2D eigenvalue weighted by atomic mass is 16.5. The van der Waals surface area contributed by atoms with E-state index in [4.69, 9.17) is 14.6 Å². The molecular weight excluding hydrogens is 452 g/mol. The van der Waals surface area contributed by atoms with Gasteiger partial charge < -0.3 is 24.8 Å². The molecule has 0 saturated carbocycles. The van der Waals surface area contributed by atoms with Crippen LogP contribution in [-0.4, -0.2) is 59.7 Å². The predicted molar refractivity (Wildman–Crippen MR) is 135 cm³/mol. The lowest BCUT2D eigenvalue weighted by Crippen LogP contribution is -2.41. The molecule has 0 atom stereocenters. The first-order valence-corrected chi connectivity index (χ1v) is 13.6. The van der Waals surface area contributed by atoms with E-state index in [0.717, 1.165) is 19.3 Å². The number of aliphatic hydroxyl groups excluding tert-OH is 2. The van der Waals surface area contributed by atoms with Gasteiger partial charge in [0.2, 0.25) is 0 Å². The molecule has 206 valence electrons. The van der Waals surface area contributed by atoms with Gasteiger partial charge in [-0.2, -0.15) is 0 Å². The Labute approximate surface area is 211 Å². The minimum atomic E-state index is -1.30. The Bertz CT molecular complexity index is 545. The van der Waals surface area contributed by atoms with Crippen molar-refractivity contribution in [2.45, 2.75) is 122 Å². The van der Waals surface area contributed by atoms with E-state index in [1.54, 1.807) is 0 Å². The molecule has 0 spiro atoms. The molecule has 35 heavy (non-hydrogen) atoms. The number of aliphatic hydroxyl groups is 2. The van der Waals surface area contributed by atoms with E-state index in [1.807, 2.05) is 0 Å². The molecule has 0 rings (SSSR count). The molecule has 0 unspecified atom stereocenters. The number of esters is 2. The fourth-order valence-electron chi connectivity index (χ4n) is 3.74. The Kier molecular flexibility index (Phi) is 21.7. The zero-order chi connectivity index (χ0) is 26.2. The summed E-state index contributed by atoms with van der Waals surface area (Å²) in [6, 6.07) is 0. The molecule has 0 heterocycles. The van der Waals surface area contributed by atoms with Crippen LogP contribution in [0, 0.1) is 5.41 Å². The number of carboxylic acid groups (broad SMARTS) is 1. The minimum absolute atomic E-state index is 0.267. The fourth-order valence-corrected chi connectivity index (χ4v) is 3.74. The first-order chi connectivity index (χ1) is 16.9. The van der Waals surface area contributed by atoms with Crippen molar-refractivity contribution in [1.29, 1.82) is 0 Å². The van der Waals surface area contributed by atoms with Crippen molar-refractivity contribution in [2.75, 3.05) is 26.4 Å². The maximum atomic E-state index is 12.0. The molecule has 8 heteroatoms. The second-order valence-electron chi connectivity index (χ2n) is 9.73. The third-order valence-corrected chi connectivity index (χ3v) is 6.28. The summed E-state index contributed by atoms with van der Waals surface area (Å²) in [7, 11) is 0. The molecule has 3 N–H and O–H groups in total. The van der Waals surface area contributed by atoms with E-state index < -0.39 is 36.5 Å². The van der Waals surface area contributed by atoms with Crippen molar-refractivity contribution in [1.82, 2.24) is 0 Å². The lowest BCUT2D eigenvalue weighted by Gasteiger charge is -2.28. The molecule has 0 aromatic carbocycles. The fraction of sp³-hybridized carbons (Fsp3) is 0.889. The van der Waals surface area contributed by atoms with Gasteiger partial charge in [0.1, 0.15) is 13.2 Å². The molecule has 0 saturated heterocycles. The van der Waals surface area contributed by atoms with E-state index >= 15 is 0 Å². The maximum Gasteiger partial charge on any atom is 0.306 e. The van der Waals surface area contributed by atoms with Gasteiger partial charge in [-0.3, -0.25) is 14.4 Å². The molecule has 0 aliphatic heterocycles. The highest BCUT2D eigenvalue weighted by Crippen LogP contribution is 2.19. The van der Waals surface area contributed by atoms with Crippen molar-refractivity contribution < 1.29 is 39.2 Å². The predicted octanol–water partition coefficient (Wildman–Crippen LogP) is 5.17. The Hall–Kier alpha value is -1.67. The molecular formula is C27H50O8. The summed E-state index contributed by atoms with van der Waals surface area (Å²) in [5, 5.41) is 27.8. The van der Waals surface area contributed by atoms with Crippen molar-refractivity contribution >= 4 is 17.9 Å². The topological polar surface area (TPSA) is 130 Å². The number of carbonyl (C=O) groups is 3. The SMILES string of the molecule is CCCCCCCCCCCCCCCCCC(=O)OCC(CO)(CO)COC(=O)CCC(=O)O. The van der Waals surface area contributed by atoms with Gasteiger partial charge in [0, 0.05) is 6.42 Å². The van der Waals surface area contributed by atoms with Gasteiger partial charge in [-0.1, -0.05) is 96.8 Å². The van der Waals surface area contributed by atoms with Crippen molar-refractivity contribution in [3.63, 3.8) is 0 Å². The zero-order valence-electron chi connectivity index (χ0n) is 21.9. The van der Waals surface area contributed by atoms with Crippen LogP contribution in [0.4, 0.5) is 0 Å². The van der Waals surface area contributed by atoms with E-state index in [-0.39, 0.29) is 32.5 Å². The number of ether oxygens (including phenoxy) is 2. The Morgan fingerprint density at radius 1 is 0.571 bits per heavy atom. The van der Waals surface area contributed by atoms with Gasteiger partial charge in [-0.25, -0.2) is 0 Å². The first-order valence-electron chi connectivity index (χ1n) is 13.6. The molecule has 8 nitrogen and oxygen atoms in total. The van der Waals surface area contributed by atoms with E-state index in [0.29, 0.717) is 0 Å². The van der Waals surface area contributed by atoms with E-state index in [1.165, 1.54) is 77.0 Å². The van der Waals surface area contributed by atoms with Gasteiger partial charge >= 0.3 is 17.9 Å². The largest absolute Gasteiger partial charge is 0.481 e. The highest BCUT2D eigenvalue weighted by molar-refractivity contribution is 5.76. The summed E-state index contributed by atoms with van der Waals surface area (Å²) in [6.07, 6.45) is 18.3. The van der Waals surface area contributed by atoms with Crippen LogP contribution in [0.5, 0.6) is 0 Å². The smallest absolute Gasteiger partial charge is 0.306 e. The van der Waals surface area contributed by atoms with Gasteiger partial charge in [0.25, 0.3) is 0 Å². The lowest BCUT2D eigenvalue weighted by atomic mass is 9.92. The number of aliphatic carboxylic acids is 1. The van der Waals surface area contributed by atoms with Gasteiger partial charge in [-0.15, -0.1) is 0 Å². The number of hydrogen-bond donors (Lipinski definition) is 3. The minimum Gasteiger partial charge on any atom is -0.481 e. The van der Waals surface area contributed by atoms with Crippen LogP contribution in [-0.2, 0) is 23.9 Å². The molecule has 0 bridgehead atoms. The lowest BCUT2D eigenvalue weighted by molar-refractivity contribution is -0.160. The second kappa shape index (κ2) is 22.8. The number of hydrogen-bond acceptors (Lipinski definition) is 7. The molecule has 0 fully saturated rings. The molecule has 0 radical (unpaired) electrons. The number of unbranched alkanes of at least 4 members (excludes halogenated alkanes) is 14. The van der Waals surface area contributed by atoms with Crippen LogP contribution in [0.25, 0.3) is 0 Å². The first kappa shape index (κ1) is 33.3. The normalized spacial score (nSPS) is 11.4. The summed E-state index contributed by atoms with van der Waals surface area (Å²) in [5.41, 5.74) is -1.30. The zero-order valence-corrected chi connectivity index (χ0v) is 21.9. The number of carboxylic acids is 1. The van der Waals surface area contributed by atoms with Crippen LogP contribution in [0.1, 0.15) is 122 Å². The van der Waals surface area contributed by atoms with Crippen LogP contribution < -0.4 is 0 Å². The summed E-state index contributed by atoms with van der Waals surface area (Å²) in [4.78, 5) is 34.1. The second-order valence-corrected chi connectivity index (χ2v) is 9.73. The molecule has 0 aromatic rings. The Morgan fingerprint density at radius 2 is 0.943 bits per heavy atom. The number of rotatable bonds is 25. The summed E-state index contributed by atoms with van der Waals surface area (Å²) in [5.74, 6) is -2.28. The third-order valence-electron chi connectivity index (χ3n) is 6.28. The summed E-state index contributed by atoms with van der Waals surface area (Å²) >= 11 is 0.